The molecule has 2 aromatic rings. The Morgan fingerprint density at radius 3 is 2.54 bits per heavy atom. The number of fused-ring (bicyclic) bond motifs is 1. The predicted molar refractivity (Wildman–Crippen MR) is 53.7 cm³/mol. The molecule has 0 spiro atoms. The van der Waals surface area contributed by atoms with Gasteiger partial charge >= 0.3 is 0 Å². The van der Waals surface area contributed by atoms with Crippen LogP contribution in [0.15, 0.2) is 18.2 Å². The van der Waals surface area contributed by atoms with Gasteiger partial charge in [-0.2, -0.15) is 0 Å². The Morgan fingerprint density at radius 2 is 1.77 bits per heavy atom. The highest BCUT2D eigenvalue weighted by atomic mass is 14.9. The second-order valence-corrected chi connectivity index (χ2v) is 3.33. The Bertz CT molecular complexity index is 461. The van der Waals surface area contributed by atoms with Crippen molar-refractivity contribution < 1.29 is 0 Å². The Labute approximate surface area is 77.6 Å². The number of benzene rings is 1. The molecule has 0 aliphatic carbocycles. The molecular formula is C11H12N2. The van der Waals surface area contributed by atoms with E-state index in [4.69, 9.17) is 0 Å². The lowest BCUT2D eigenvalue weighted by atomic mass is 10.1. The molecule has 0 aliphatic heterocycles. The molecule has 0 fully saturated rings. The van der Waals surface area contributed by atoms with E-state index in [1.807, 2.05) is 19.9 Å². The third-order valence-corrected chi connectivity index (χ3v) is 2.23. The highest BCUT2D eigenvalue weighted by molar-refractivity contribution is 5.83. The molecule has 1 heterocycles. The van der Waals surface area contributed by atoms with Crippen LogP contribution in [-0.2, 0) is 0 Å². The van der Waals surface area contributed by atoms with E-state index in [1.165, 1.54) is 5.56 Å². The van der Waals surface area contributed by atoms with Gasteiger partial charge in [0.25, 0.3) is 0 Å². The second kappa shape index (κ2) is 2.80. The first kappa shape index (κ1) is 8.17. The van der Waals surface area contributed by atoms with Gasteiger partial charge in [0.2, 0.25) is 0 Å². The molecule has 13 heavy (non-hydrogen) atoms. The fourth-order valence-corrected chi connectivity index (χ4v) is 1.59. The van der Waals surface area contributed by atoms with Crippen molar-refractivity contribution in [3.05, 3.63) is 35.3 Å². The van der Waals surface area contributed by atoms with Gasteiger partial charge in [0.1, 0.15) is 5.82 Å². The van der Waals surface area contributed by atoms with Gasteiger partial charge in [-0.15, -0.1) is 0 Å². The first-order valence-corrected chi connectivity index (χ1v) is 4.39. The van der Waals surface area contributed by atoms with Crippen LogP contribution in [0.4, 0.5) is 0 Å². The molecule has 1 aromatic heterocycles. The van der Waals surface area contributed by atoms with E-state index in [1.54, 1.807) is 0 Å². The lowest BCUT2D eigenvalue weighted by Gasteiger charge is -2.04. The summed E-state index contributed by atoms with van der Waals surface area (Å²) in [5, 5.41) is 1.16. The molecule has 0 unspecified atom stereocenters. The Hall–Kier alpha value is -1.44. The molecule has 0 N–H and O–H groups in total. The van der Waals surface area contributed by atoms with Crippen molar-refractivity contribution in [1.82, 2.24) is 9.97 Å². The highest BCUT2D eigenvalue weighted by Crippen LogP contribution is 2.17. The monoisotopic (exact) mass is 172 g/mol. The standard InChI is InChI=1S/C11H12N2/c1-7-5-4-6-10-8(2)12-9(3)13-11(7)10/h4-6H,1-3H3. The van der Waals surface area contributed by atoms with Crippen LogP contribution >= 0.6 is 0 Å². The van der Waals surface area contributed by atoms with Gasteiger partial charge in [-0.05, 0) is 26.3 Å². The summed E-state index contributed by atoms with van der Waals surface area (Å²) in [6.45, 7) is 6.03. The maximum atomic E-state index is 4.42. The zero-order valence-corrected chi connectivity index (χ0v) is 8.13. The minimum atomic E-state index is 0.847. The summed E-state index contributed by atoms with van der Waals surface area (Å²) in [5.74, 6) is 0.847. The molecule has 0 amide bonds. The average molecular weight is 172 g/mol. The third-order valence-electron chi connectivity index (χ3n) is 2.23. The number of hydrogen-bond acceptors (Lipinski definition) is 2. The van der Waals surface area contributed by atoms with Crippen LogP contribution in [0.3, 0.4) is 0 Å². The zero-order chi connectivity index (χ0) is 9.42. The topological polar surface area (TPSA) is 25.8 Å². The first-order valence-electron chi connectivity index (χ1n) is 4.39. The molecule has 66 valence electrons. The van der Waals surface area contributed by atoms with E-state index in [0.29, 0.717) is 0 Å². The van der Waals surface area contributed by atoms with Crippen molar-refractivity contribution in [2.75, 3.05) is 0 Å². The summed E-state index contributed by atoms with van der Waals surface area (Å²) in [5.41, 5.74) is 3.35. The molecule has 2 heteroatoms. The maximum absolute atomic E-state index is 4.42. The Morgan fingerprint density at radius 1 is 1.00 bits per heavy atom. The van der Waals surface area contributed by atoms with Gasteiger partial charge in [0.05, 0.1) is 5.52 Å². The van der Waals surface area contributed by atoms with Gasteiger partial charge in [-0.3, -0.25) is 0 Å². The van der Waals surface area contributed by atoms with E-state index < -0.39 is 0 Å². The molecule has 0 bridgehead atoms. The van der Waals surface area contributed by atoms with Gasteiger partial charge in [-0.1, -0.05) is 18.2 Å². The van der Waals surface area contributed by atoms with Gasteiger partial charge < -0.3 is 0 Å². The SMILES string of the molecule is Cc1nc(C)c2cccc(C)c2n1. The minimum Gasteiger partial charge on any atom is -0.238 e. The number of hydrogen-bond donors (Lipinski definition) is 0. The summed E-state index contributed by atoms with van der Waals surface area (Å²) in [4.78, 5) is 8.76. The summed E-state index contributed by atoms with van der Waals surface area (Å²) in [7, 11) is 0. The van der Waals surface area contributed by atoms with Crippen molar-refractivity contribution in [2.45, 2.75) is 20.8 Å². The number of para-hydroxylation sites is 1. The highest BCUT2D eigenvalue weighted by Gasteiger charge is 2.02. The molecule has 0 atom stereocenters. The zero-order valence-electron chi connectivity index (χ0n) is 8.13. The summed E-state index contributed by atoms with van der Waals surface area (Å²) in [6, 6.07) is 6.19. The van der Waals surface area contributed by atoms with E-state index in [9.17, 15) is 0 Å². The Balaban J connectivity index is 2.94. The molecule has 2 nitrogen and oxygen atoms in total. The van der Waals surface area contributed by atoms with E-state index >= 15 is 0 Å². The molecule has 0 saturated heterocycles. The smallest absolute Gasteiger partial charge is 0.126 e. The summed E-state index contributed by atoms with van der Waals surface area (Å²) < 4.78 is 0. The number of aromatic nitrogens is 2. The van der Waals surface area contributed by atoms with Gasteiger partial charge in [-0.25, -0.2) is 9.97 Å². The largest absolute Gasteiger partial charge is 0.238 e. The maximum Gasteiger partial charge on any atom is 0.126 e. The van der Waals surface area contributed by atoms with Crippen molar-refractivity contribution in [3.8, 4) is 0 Å². The normalized spacial score (nSPS) is 10.7. The number of nitrogens with zero attached hydrogens (tertiary/aromatic N) is 2. The summed E-state index contributed by atoms with van der Waals surface area (Å²) >= 11 is 0. The van der Waals surface area contributed by atoms with Crippen LogP contribution in [0.25, 0.3) is 10.9 Å². The number of rotatable bonds is 0. The molecule has 2 rings (SSSR count). The summed E-state index contributed by atoms with van der Waals surface area (Å²) in [6.07, 6.45) is 0. The van der Waals surface area contributed by atoms with E-state index in [0.717, 1.165) is 22.4 Å². The van der Waals surface area contributed by atoms with Crippen molar-refractivity contribution in [2.24, 2.45) is 0 Å². The van der Waals surface area contributed by atoms with Crippen LogP contribution in [-0.4, -0.2) is 9.97 Å². The molecule has 0 radical (unpaired) electrons. The fourth-order valence-electron chi connectivity index (χ4n) is 1.59. The quantitative estimate of drug-likeness (QED) is 0.610. The lowest BCUT2D eigenvalue weighted by Crippen LogP contribution is -1.94. The fraction of sp³-hybridized carbons (Fsp3) is 0.273. The van der Waals surface area contributed by atoms with Gasteiger partial charge in [0, 0.05) is 11.1 Å². The third kappa shape index (κ3) is 1.28. The molecular weight excluding hydrogens is 160 g/mol. The number of aryl methyl sites for hydroxylation is 3. The van der Waals surface area contributed by atoms with Crippen molar-refractivity contribution >= 4 is 10.9 Å². The second-order valence-electron chi connectivity index (χ2n) is 3.33. The van der Waals surface area contributed by atoms with Crippen LogP contribution < -0.4 is 0 Å². The van der Waals surface area contributed by atoms with Gasteiger partial charge in [0.15, 0.2) is 0 Å². The van der Waals surface area contributed by atoms with Crippen LogP contribution in [0.5, 0.6) is 0 Å². The lowest BCUT2D eigenvalue weighted by molar-refractivity contribution is 1.05. The van der Waals surface area contributed by atoms with E-state index in [2.05, 4.69) is 29.0 Å². The molecule has 0 saturated carbocycles. The molecule has 1 aromatic carbocycles. The average Bonchev–Trinajstić information content (AvgIpc) is 2.07. The predicted octanol–water partition coefficient (Wildman–Crippen LogP) is 2.56. The Kier molecular flexibility index (Phi) is 1.76. The van der Waals surface area contributed by atoms with Crippen LogP contribution in [0.2, 0.25) is 0 Å². The van der Waals surface area contributed by atoms with Crippen LogP contribution in [0, 0.1) is 20.8 Å². The van der Waals surface area contributed by atoms with Crippen molar-refractivity contribution in [1.29, 1.82) is 0 Å². The molecule has 0 aliphatic rings. The van der Waals surface area contributed by atoms with Crippen LogP contribution in [0.1, 0.15) is 17.1 Å². The first-order chi connectivity index (χ1) is 6.18. The van der Waals surface area contributed by atoms with Crippen molar-refractivity contribution in [3.63, 3.8) is 0 Å². The van der Waals surface area contributed by atoms with E-state index in [-0.39, 0.29) is 0 Å². The minimum absolute atomic E-state index is 0.847.